The predicted molar refractivity (Wildman–Crippen MR) is 70.2 cm³/mol. The van der Waals surface area contributed by atoms with E-state index in [0.717, 1.165) is 24.8 Å². The van der Waals surface area contributed by atoms with Crippen molar-refractivity contribution in [1.82, 2.24) is 0 Å². The maximum Gasteiger partial charge on any atom is 0.0668 e. The molecule has 0 amide bonds. The summed E-state index contributed by atoms with van der Waals surface area (Å²) in [6, 6.07) is 8.45. The molecular formula is C15H21N. The van der Waals surface area contributed by atoms with Crippen LogP contribution in [0.3, 0.4) is 0 Å². The van der Waals surface area contributed by atoms with Gasteiger partial charge in [-0.3, -0.25) is 0 Å². The van der Waals surface area contributed by atoms with Crippen LogP contribution in [0.25, 0.3) is 0 Å². The van der Waals surface area contributed by atoms with E-state index in [1.807, 2.05) is 6.07 Å². The number of benzene rings is 1. The highest BCUT2D eigenvalue weighted by Crippen LogP contribution is 2.06. The molecule has 86 valence electrons. The summed E-state index contributed by atoms with van der Waals surface area (Å²) in [7, 11) is 0. The van der Waals surface area contributed by atoms with E-state index >= 15 is 0 Å². The van der Waals surface area contributed by atoms with Crippen molar-refractivity contribution in [2.45, 2.75) is 45.6 Å². The fraction of sp³-hybridized carbons (Fsp3) is 0.467. The summed E-state index contributed by atoms with van der Waals surface area (Å²) in [5.41, 5.74) is 8.30. The maximum atomic E-state index is 5.86. The first-order chi connectivity index (χ1) is 7.76. The minimum absolute atomic E-state index is 0.0137. The zero-order valence-electron chi connectivity index (χ0n) is 10.3. The van der Waals surface area contributed by atoms with E-state index < -0.39 is 0 Å². The molecule has 0 aliphatic carbocycles. The summed E-state index contributed by atoms with van der Waals surface area (Å²) in [6.07, 6.45) is 4.36. The van der Waals surface area contributed by atoms with E-state index in [2.05, 4.69) is 43.9 Å². The van der Waals surface area contributed by atoms with E-state index in [1.165, 1.54) is 12.0 Å². The fourth-order valence-electron chi connectivity index (χ4n) is 1.65. The van der Waals surface area contributed by atoms with Gasteiger partial charge in [0.05, 0.1) is 6.04 Å². The Hall–Kier alpha value is -1.26. The lowest BCUT2D eigenvalue weighted by atomic mass is 10.1. The summed E-state index contributed by atoms with van der Waals surface area (Å²) in [4.78, 5) is 0. The van der Waals surface area contributed by atoms with Crippen molar-refractivity contribution in [2.75, 3.05) is 0 Å². The van der Waals surface area contributed by atoms with E-state index in [0.29, 0.717) is 0 Å². The fourth-order valence-corrected chi connectivity index (χ4v) is 1.65. The lowest BCUT2D eigenvalue weighted by molar-refractivity contribution is 0.720. The van der Waals surface area contributed by atoms with Gasteiger partial charge in [-0.15, -0.1) is 0 Å². The van der Waals surface area contributed by atoms with Gasteiger partial charge in [0.25, 0.3) is 0 Å². The van der Waals surface area contributed by atoms with Gasteiger partial charge in [0, 0.05) is 5.56 Å². The van der Waals surface area contributed by atoms with Crippen LogP contribution in [0.15, 0.2) is 24.3 Å². The molecule has 1 atom stereocenters. The van der Waals surface area contributed by atoms with Crippen LogP contribution in [0.4, 0.5) is 0 Å². The summed E-state index contributed by atoms with van der Waals surface area (Å²) in [5, 5.41) is 0. The molecule has 0 heterocycles. The van der Waals surface area contributed by atoms with Crippen LogP contribution in [0.5, 0.6) is 0 Å². The normalized spacial score (nSPS) is 11.7. The van der Waals surface area contributed by atoms with Crippen LogP contribution in [0.1, 0.15) is 44.2 Å². The molecule has 0 aliphatic heterocycles. The van der Waals surface area contributed by atoms with Gasteiger partial charge in [-0.05, 0) is 30.5 Å². The largest absolute Gasteiger partial charge is 0.318 e. The van der Waals surface area contributed by atoms with Gasteiger partial charge < -0.3 is 5.73 Å². The average Bonchev–Trinajstić information content (AvgIpc) is 2.28. The van der Waals surface area contributed by atoms with Crippen molar-refractivity contribution < 1.29 is 0 Å². The Morgan fingerprint density at radius 1 is 1.25 bits per heavy atom. The molecule has 0 saturated heterocycles. The summed E-state index contributed by atoms with van der Waals surface area (Å²) < 4.78 is 0. The van der Waals surface area contributed by atoms with Crippen LogP contribution in [0.2, 0.25) is 0 Å². The molecule has 1 aromatic rings. The quantitative estimate of drug-likeness (QED) is 0.767. The smallest absolute Gasteiger partial charge is 0.0668 e. The molecule has 1 rings (SSSR count). The van der Waals surface area contributed by atoms with E-state index in [4.69, 9.17) is 5.73 Å². The lowest BCUT2D eigenvalue weighted by Crippen LogP contribution is -2.16. The number of hydrogen-bond donors (Lipinski definition) is 1. The first-order valence-electron chi connectivity index (χ1n) is 6.12. The highest BCUT2D eigenvalue weighted by Gasteiger charge is 1.95. The molecule has 1 aromatic carbocycles. The number of hydrogen-bond acceptors (Lipinski definition) is 1. The Kier molecular flexibility index (Phi) is 5.67. The van der Waals surface area contributed by atoms with Crippen molar-refractivity contribution in [3.05, 3.63) is 35.4 Å². The standard InChI is InChI=1S/C15H21N/c1-3-6-13-8-5-9-14(12-13)10-11-15(16)7-4-2/h5,8-9,12,15H,3-4,6-7,16H2,1-2H3. The minimum atomic E-state index is 0.0137. The van der Waals surface area contributed by atoms with Crippen molar-refractivity contribution in [1.29, 1.82) is 0 Å². The van der Waals surface area contributed by atoms with Crippen molar-refractivity contribution in [3.63, 3.8) is 0 Å². The van der Waals surface area contributed by atoms with Crippen LogP contribution < -0.4 is 5.73 Å². The van der Waals surface area contributed by atoms with Gasteiger partial charge in [0.2, 0.25) is 0 Å². The second kappa shape index (κ2) is 7.09. The Bertz CT molecular complexity index is 371. The third kappa shape index (κ3) is 4.51. The van der Waals surface area contributed by atoms with Gasteiger partial charge in [-0.2, -0.15) is 0 Å². The summed E-state index contributed by atoms with van der Waals surface area (Å²) >= 11 is 0. The molecular weight excluding hydrogens is 194 g/mol. The predicted octanol–water partition coefficient (Wildman–Crippen LogP) is 3.12. The molecule has 1 nitrogen and oxygen atoms in total. The average molecular weight is 215 g/mol. The Balaban J connectivity index is 2.69. The van der Waals surface area contributed by atoms with E-state index in [9.17, 15) is 0 Å². The van der Waals surface area contributed by atoms with Crippen LogP contribution in [-0.4, -0.2) is 6.04 Å². The molecule has 2 N–H and O–H groups in total. The first kappa shape index (κ1) is 12.8. The second-order valence-electron chi connectivity index (χ2n) is 4.11. The maximum absolute atomic E-state index is 5.86. The monoisotopic (exact) mass is 215 g/mol. The number of rotatable bonds is 4. The molecule has 0 saturated carbocycles. The zero-order chi connectivity index (χ0) is 11.8. The van der Waals surface area contributed by atoms with Gasteiger partial charge in [0.1, 0.15) is 0 Å². The van der Waals surface area contributed by atoms with Gasteiger partial charge >= 0.3 is 0 Å². The number of aryl methyl sites for hydroxylation is 1. The molecule has 16 heavy (non-hydrogen) atoms. The molecule has 0 fully saturated rings. The SMILES string of the molecule is CCCc1cccc(C#CC(N)CCC)c1. The minimum Gasteiger partial charge on any atom is -0.318 e. The van der Waals surface area contributed by atoms with Crippen LogP contribution >= 0.6 is 0 Å². The van der Waals surface area contributed by atoms with Crippen molar-refractivity contribution >= 4 is 0 Å². The topological polar surface area (TPSA) is 26.0 Å². The van der Waals surface area contributed by atoms with Gasteiger partial charge in [-0.1, -0.05) is 50.7 Å². The highest BCUT2D eigenvalue weighted by atomic mass is 14.6. The Morgan fingerprint density at radius 2 is 2.06 bits per heavy atom. The van der Waals surface area contributed by atoms with Crippen molar-refractivity contribution in [3.8, 4) is 11.8 Å². The molecule has 1 heteroatoms. The first-order valence-corrected chi connectivity index (χ1v) is 6.12. The van der Waals surface area contributed by atoms with Crippen molar-refractivity contribution in [2.24, 2.45) is 5.73 Å². The summed E-state index contributed by atoms with van der Waals surface area (Å²) in [5.74, 6) is 6.25. The lowest BCUT2D eigenvalue weighted by Gasteiger charge is -2.00. The second-order valence-corrected chi connectivity index (χ2v) is 4.11. The molecule has 1 unspecified atom stereocenters. The third-order valence-electron chi connectivity index (χ3n) is 2.47. The third-order valence-corrected chi connectivity index (χ3v) is 2.47. The molecule has 0 bridgehead atoms. The molecule has 0 aliphatic rings. The number of nitrogens with two attached hydrogens (primary N) is 1. The highest BCUT2D eigenvalue weighted by molar-refractivity contribution is 5.38. The molecule has 0 aromatic heterocycles. The molecule has 0 spiro atoms. The van der Waals surface area contributed by atoms with E-state index in [1.54, 1.807) is 0 Å². The van der Waals surface area contributed by atoms with Crippen LogP contribution in [-0.2, 0) is 6.42 Å². The zero-order valence-corrected chi connectivity index (χ0v) is 10.3. The summed E-state index contributed by atoms with van der Waals surface area (Å²) in [6.45, 7) is 4.32. The Labute approximate surface area is 99.1 Å². The Morgan fingerprint density at radius 3 is 2.75 bits per heavy atom. The van der Waals surface area contributed by atoms with E-state index in [-0.39, 0.29) is 6.04 Å². The molecule has 0 radical (unpaired) electrons. The van der Waals surface area contributed by atoms with Gasteiger partial charge in [-0.25, -0.2) is 0 Å². The van der Waals surface area contributed by atoms with Crippen LogP contribution in [0, 0.1) is 11.8 Å². The van der Waals surface area contributed by atoms with Gasteiger partial charge in [0.15, 0.2) is 0 Å².